The number of aryl methyl sites for hydroxylation is 1. The number of hydrogen-bond donors (Lipinski definition) is 1. The van der Waals surface area contributed by atoms with Crippen LogP contribution in [0.2, 0.25) is 0 Å². The van der Waals surface area contributed by atoms with Crippen molar-refractivity contribution in [2.45, 2.75) is 19.3 Å². The quantitative estimate of drug-likeness (QED) is 0.777. The number of aromatic nitrogens is 2. The molecule has 3 aromatic rings. The molecule has 106 valence electrons. The van der Waals surface area contributed by atoms with Gasteiger partial charge < -0.3 is 14.3 Å². The van der Waals surface area contributed by atoms with Gasteiger partial charge >= 0.3 is 0 Å². The lowest BCUT2D eigenvalue weighted by Crippen LogP contribution is -2.17. The Morgan fingerprint density at radius 2 is 2.14 bits per heavy atom. The number of para-hydroxylation sites is 1. The predicted molar refractivity (Wildman–Crippen MR) is 78.1 cm³/mol. The fourth-order valence-electron chi connectivity index (χ4n) is 2.83. The largest absolute Gasteiger partial charge is 0.469 e. The Hall–Kier alpha value is -2.56. The molecule has 1 aromatic carbocycles. The number of fused-ring (bicyclic) bond motifs is 1. The van der Waals surface area contributed by atoms with Crippen LogP contribution in [0.1, 0.15) is 29.6 Å². The van der Waals surface area contributed by atoms with E-state index in [2.05, 4.69) is 27.6 Å². The zero-order chi connectivity index (χ0) is 14.2. The Balaban J connectivity index is 1.73. The highest BCUT2D eigenvalue weighted by atomic mass is 16.5. The number of hydrogen-bond acceptors (Lipinski definition) is 5. The van der Waals surface area contributed by atoms with Crippen molar-refractivity contribution in [1.29, 1.82) is 0 Å². The van der Waals surface area contributed by atoms with Gasteiger partial charge in [0.25, 0.3) is 0 Å². The van der Waals surface area contributed by atoms with Crippen molar-refractivity contribution >= 4 is 5.69 Å². The molecule has 5 nitrogen and oxygen atoms in total. The van der Waals surface area contributed by atoms with E-state index < -0.39 is 0 Å². The number of rotatable bonds is 2. The molecule has 0 saturated heterocycles. The third-order valence-corrected chi connectivity index (χ3v) is 3.92. The van der Waals surface area contributed by atoms with Crippen molar-refractivity contribution in [3.05, 3.63) is 53.8 Å². The molecule has 1 unspecified atom stereocenters. The van der Waals surface area contributed by atoms with Crippen molar-refractivity contribution in [2.24, 2.45) is 0 Å². The second-order valence-electron chi connectivity index (χ2n) is 5.20. The summed E-state index contributed by atoms with van der Waals surface area (Å²) in [5, 5.41) is 7.50. The lowest BCUT2D eigenvalue weighted by Gasteiger charge is -2.23. The lowest BCUT2D eigenvalue weighted by atomic mass is 9.91. The molecule has 4 rings (SSSR count). The molecule has 1 atom stereocenters. The molecule has 0 radical (unpaired) electrons. The minimum absolute atomic E-state index is 0.149. The monoisotopic (exact) mass is 281 g/mol. The highest BCUT2D eigenvalue weighted by Crippen LogP contribution is 2.36. The third-order valence-electron chi connectivity index (χ3n) is 3.92. The first-order chi connectivity index (χ1) is 10.3. The van der Waals surface area contributed by atoms with Crippen LogP contribution in [0.15, 0.2) is 45.5 Å². The summed E-state index contributed by atoms with van der Waals surface area (Å²) in [4.78, 5) is 4.57. The number of furan rings is 1. The Kier molecular flexibility index (Phi) is 2.77. The first-order valence-corrected chi connectivity index (χ1v) is 7.04. The average molecular weight is 281 g/mol. The van der Waals surface area contributed by atoms with E-state index in [0.717, 1.165) is 30.0 Å². The summed E-state index contributed by atoms with van der Waals surface area (Å²) in [6, 6.07) is 10.1. The summed E-state index contributed by atoms with van der Waals surface area (Å²) in [5.74, 6) is 2.20. The van der Waals surface area contributed by atoms with Gasteiger partial charge in [0.1, 0.15) is 5.76 Å². The van der Waals surface area contributed by atoms with E-state index in [1.165, 1.54) is 5.56 Å². The van der Waals surface area contributed by atoms with Gasteiger partial charge in [0.15, 0.2) is 0 Å². The van der Waals surface area contributed by atoms with Crippen LogP contribution in [0.25, 0.3) is 11.4 Å². The summed E-state index contributed by atoms with van der Waals surface area (Å²) in [6.07, 6.45) is 2.59. The first kappa shape index (κ1) is 12.2. The Labute approximate surface area is 122 Å². The molecule has 1 aliphatic rings. The molecule has 1 aliphatic heterocycles. The number of benzene rings is 1. The van der Waals surface area contributed by atoms with Crippen LogP contribution in [-0.4, -0.2) is 16.7 Å². The molecule has 1 N–H and O–H groups in total. The van der Waals surface area contributed by atoms with Gasteiger partial charge in [-0.25, -0.2) is 0 Å². The molecule has 0 bridgehead atoms. The Morgan fingerprint density at radius 3 is 3.00 bits per heavy atom. The molecule has 0 fully saturated rings. The van der Waals surface area contributed by atoms with Gasteiger partial charge in [-0.05, 0) is 31.0 Å². The first-order valence-electron chi connectivity index (χ1n) is 7.04. The van der Waals surface area contributed by atoms with Crippen LogP contribution in [0.3, 0.4) is 0 Å². The van der Waals surface area contributed by atoms with Gasteiger partial charge in [-0.2, -0.15) is 4.98 Å². The minimum atomic E-state index is 0.149. The summed E-state index contributed by atoms with van der Waals surface area (Å²) in [6.45, 7) is 2.80. The molecule has 5 heteroatoms. The zero-order valence-electron chi connectivity index (χ0n) is 11.7. The topological polar surface area (TPSA) is 64.1 Å². The van der Waals surface area contributed by atoms with E-state index >= 15 is 0 Å². The van der Waals surface area contributed by atoms with Gasteiger partial charge in [0.05, 0.1) is 17.7 Å². The van der Waals surface area contributed by atoms with E-state index in [0.29, 0.717) is 11.7 Å². The highest BCUT2D eigenvalue weighted by Gasteiger charge is 2.27. The second kappa shape index (κ2) is 4.77. The molecule has 0 spiro atoms. The fraction of sp³-hybridized carbons (Fsp3) is 0.250. The van der Waals surface area contributed by atoms with E-state index in [1.54, 1.807) is 6.26 Å². The van der Waals surface area contributed by atoms with Gasteiger partial charge in [-0.3, -0.25) is 0 Å². The highest BCUT2D eigenvalue weighted by molar-refractivity contribution is 5.58. The van der Waals surface area contributed by atoms with Crippen LogP contribution in [0.4, 0.5) is 5.69 Å². The van der Waals surface area contributed by atoms with Crippen LogP contribution in [0.5, 0.6) is 0 Å². The molecule has 3 heterocycles. The maximum Gasteiger partial charge on any atom is 0.234 e. The maximum absolute atomic E-state index is 5.51. The molecule has 0 saturated carbocycles. The SMILES string of the molecule is Cc1occc1-c1noc(C2CCNc3ccccc32)n1. The van der Waals surface area contributed by atoms with Crippen LogP contribution >= 0.6 is 0 Å². The average Bonchev–Trinajstić information content (AvgIpc) is 3.15. The minimum Gasteiger partial charge on any atom is -0.469 e. The van der Waals surface area contributed by atoms with Crippen LogP contribution in [-0.2, 0) is 0 Å². The van der Waals surface area contributed by atoms with E-state index in [9.17, 15) is 0 Å². The normalized spacial score (nSPS) is 17.3. The third kappa shape index (κ3) is 2.01. The van der Waals surface area contributed by atoms with E-state index in [-0.39, 0.29) is 5.92 Å². The summed E-state index contributed by atoms with van der Waals surface area (Å²) in [7, 11) is 0. The molecule has 0 aliphatic carbocycles. The summed E-state index contributed by atoms with van der Waals surface area (Å²) < 4.78 is 10.8. The van der Waals surface area contributed by atoms with Crippen molar-refractivity contribution < 1.29 is 8.94 Å². The molecule has 2 aromatic heterocycles. The summed E-state index contributed by atoms with van der Waals surface area (Å²) >= 11 is 0. The second-order valence-corrected chi connectivity index (χ2v) is 5.20. The van der Waals surface area contributed by atoms with Crippen LogP contribution < -0.4 is 5.32 Å². The molecular formula is C16H15N3O2. The Bertz CT molecular complexity index is 775. The maximum atomic E-state index is 5.51. The standard InChI is InChI=1S/C16H15N3O2/c1-10-11(7-9-20-10)15-18-16(21-19-15)13-6-8-17-14-5-3-2-4-12(13)14/h2-5,7,9,13,17H,6,8H2,1H3. The van der Waals surface area contributed by atoms with Gasteiger partial charge in [0.2, 0.25) is 11.7 Å². The van der Waals surface area contributed by atoms with Crippen molar-refractivity contribution in [3.8, 4) is 11.4 Å². The zero-order valence-corrected chi connectivity index (χ0v) is 11.7. The molecular weight excluding hydrogens is 266 g/mol. The molecule has 21 heavy (non-hydrogen) atoms. The van der Waals surface area contributed by atoms with Gasteiger partial charge in [0, 0.05) is 12.2 Å². The van der Waals surface area contributed by atoms with Crippen molar-refractivity contribution in [3.63, 3.8) is 0 Å². The van der Waals surface area contributed by atoms with Gasteiger partial charge in [-0.1, -0.05) is 23.4 Å². The lowest BCUT2D eigenvalue weighted by molar-refractivity contribution is 0.361. The van der Waals surface area contributed by atoms with Crippen molar-refractivity contribution in [1.82, 2.24) is 10.1 Å². The number of anilines is 1. The smallest absolute Gasteiger partial charge is 0.234 e. The van der Waals surface area contributed by atoms with E-state index in [4.69, 9.17) is 8.94 Å². The van der Waals surface area contributed by atoms with E-state index in [1.807, 2.05) is 25.1 Å². The fourth-order valence-corrected chi connectivity index (χ4v) is 2.83. The van der Waals surface area contributed by atoms with Crippen molar-refractivity contribution in [2.75, 3.05) is 11.9 Å². The molecule has 0 amide bonds. The summed E-state index contributed by atoms with van der Waals surface area (Å²) in [5.41, 5.74) is 3.24. The number of nitrogens with one attached hydrogen (secondary N) is 1. The number of nitrogens with zero attached hydrogens (tertiary/aromatic N) is 2. The van der Waals surface area contributed by atoms with Crippen LogP contribution in [0, 0.1) is 6.92 Å². The van der Waals surface area contributed by atoms with Gasteiger partial charge in [-0.15, -0.1) is 0 Å². The Morgan fingerprint density at radius 1 is 1.24 bits per heavy atom. The predicted octanol–water partition coefficient (Wildman–Crippen LogP) is 3.59.